The zero-order valence-corrected chi connectivity index (χ0v) is 11.4. The van der Waals surface area contributed by atoms with Gasteiger partial charge in [0.15, 0.2) is 0 Å². The summed E-state index contributed by atoms with van der Waals surface area (Å²) in [5.74, 6) is 2.19. The molecule has 3 heteroatoms. The van der Waals surface area contributed by atoms with Crippen LogP contribution in [0, 0.1) is 5.92 Å². The molecule has 0 bridgehead atoms. The van der Waals surface area contributed by atoms with Crippen LogP contribution in [0.2, 0.25) is 0 Å². The smallest absolute Gasteiger partial charge is 0.111 e. The number of imidazole rings is 1. The van der Waals surface area contributed by atoms with E-state index in [2.05, 4.69) is 17.1 Å². The highest BCUT2D eigenvalue weighted by Gasteiger charge is 2.25. The summed E-state index contributed by atoms with van der Waals surface area (Å²) in [5, 5.41) is 0. The molecule has 1 aliphatic carbocycles. The van der Waals surface area contributed by atoms with Crippen LogP contribution < -0.4 is 5.73 Å². The van der Waals surface area contributed by atoms with Crippen molar-refractivity contribution in [3.05, 3.63) is 30.1 Å². The predicted molar refractivity (Wildman–Crippen MR) is 79.1 cm³/mol. The second-order valence-corrected chi connectivity index (χ2v) is 5.73. The molecule has 3 N–H and O–H groups in total. The first-order valence-electron chi connectivity index (χ1n) is 7.53. The third-order valence-corrected chi connectivity index (χ3v) is 4.48. The zero-order valence-electron chi connectivity index (χ0n) is 11.4. The maximum absolute atomic E-state index is 6.05. The molecular formula is C16H23N3. The van der Waals surface area contributed by atoms with Gasteiger partial charge in [0.1, 0.15) is 5.82 Å². The summed E-state index contributed by atoms with van der Waals surface area (Å²) < 4.78 is 0. The quantitative estimate of drug-likeness (QED) is 0.826. The molecule has 1 aromatic heterocycles. The minimum absolute atomic E-state index is 0.394. The van der Waals surface area contributed by atoms with Crippen molar-refractivity contribution in [1.29, 1.82) is 0 Å². The molecule has 2 aromatic rings. The SMILES string of the molecule is NCC(c1nc2ccccc2[nH]1)C1CCCCCC1. The summed E-state index contributed by atoms with van der Waals surface area (Å²) in [6, 6.07) is 8.24. The Labute approximate surface area is 114 Å². The van der Waals surface area contributed by atoms with Gasteiger partial charge in [0.05, 0.1) is 11.0 Å². The van der Waals surface area contributed by atoms with Crippen LogP contribution in [-0.2, 0) is 0 Å². The first-order chi connectivity index (χ1) is 9.38. The molecule has 1 heterocycles. The average Bonchev–Trinajstić information content (AvgIpc) is 2.67. The molecule has 0 amide bonds. The fourth-order valence-electron chi connectivity index (χ4n) is 3.39. The molecule has 3 rings (SSSR count). The lowest BCUT2D eigenvalue weighted by Gasteiger charge is -2.22. The van der Waals surface area contributed by atoms with Gasteiger partial charge >= 0.3 is 0 Å². The van der Waals surface area contributed by atoms with Crippen LogP contribution in [0.1, 0.15) is 50.3 Å². The van der Waals surface area contributed by atoms with Gasteiger partial charge in [-0.2, -0.15) is 0 Å². The molecule has 0 radical (unpaired) electrons. The van der Waals surface area contributed by atoms with Crippen LogP contribution in [0.25, 0.3) is 11.0 Å². The van der Waals surface area contributed by atoms with Gasteiger partial charge in [-0.05, 0) is 30.9 Å². The second kappa shape index (κ2) is 5.74. The number of aromatic nitrogens is 2. The summed E-state index contributed by atoms with van der Waals surface area (Å²) in [5.41, 5.74) is 8.24. The predicted octanol–water partition coefficient (Wildman–Crippen LogP) is 3.58. The van der Waals surface area contributed by atoms with Crippen molar-refractivity contribution in [2.75, 3.05) is 6.54 Å². The van der Waals surface area contributed by atoms with Crippen molar-refractivity contribution in [2.45, 2.75) is 44.4 Å². The Morgan fingerprint density at radius 3 is 2.58 bits per heavy atom. The minimum Gasteiger partial charge on any atom is -0.342 e. The molecule has 1 fully saturated rings. The van der Waals surface area contributed by atoms with Crippen LogP contribution in [0.5, 0.6) is 0 Å². The molecular weight excluding hydrogens is 234 g/mol. The summed E-state index contributed by atoms with van der Waals surface area (Å²) in [6.07, 6.45) is 8.07. The summed E-state index contributed by atoms with van der Waals surface area (Å²) in [4.78, 5) is 8.23. The van der Waals surface area contributed by atoms with Gasteiger partial charge in [0, 0.05) is 12.5 Å². The van der Waals surface area contributed by atoms with E-state index in [1.165, 1.54) is 38.5 Å². The van der Waals surface area contributed by atoms with Crippen LogP contribution in [0.15, 0.2) is 24.3 Å². The zero-order chi connectivity index (χ0) is 13.1. The molecule has 1 aliphatic rings. The molecule has 1 aromatic carbocycles. The van der Waals surface area contributed by atoms with Crippen molar-refractivity contribution in [1.82, 2.24) is 9.97 Å². The van der Waals surface area contributed by atoms with E-state index in [0.717, 1.165) is 16.9 Å². The highest BCUT2D eigenvalue weighted by atomic mass is 14.9. The summed E-state index contributed by atoms with van der Waals surface area (Å²) in [6.45, 7) is 0.699. The number of hydrogen-bond donors (Lipinski definition) is 2. The van der Waals surface area contributed by atoms with Crippen molar-refractivity contribution < 1.29 is 0 Å². The van der Waals surface area contributed by atoms with E-state index in [0.29, 0.717) is 18.4 Å². The normalized spacial score (nSPS) is 19.4. The maximum Gasteiger partial charge on any atom is 0.111 e. The monoisotopic (exact) mass is 257 g/mol. The third kappa shape index (κ3) is 2.66. The molecule has 0 saturated heterocycles. The Bertz CT molecular complexity index is 491. The van der Waals surface area contributed by atoms with E-state index in [-0.39, 0.29) is 0 Å². The lowest BCUT2D eigenvalue weighted by Crippen LogP contribution is -2.22. The largest absolute Gasteiger partial charge is 0.342 e. The first-order valence-corrected chi connectivity index (χ1v) is 7.53. The van der Waals surface area contributed by atoms with Crippen molar-refractivity contribution in [3.63, 3.8) is 0 Å². The highest BCUT2D eigenvalue weighted by Crippen LogP contribution is 2.34. The highest BCUT2D eigenvalue weighted by molar-refractivity contribution is 5.74. The summed E-state index contributed by atoms with van der Waals surface area (Å²) >= 11 is 0. The van der Waals surface area contributed by atoms with Gasteiger partial charge in [-0.25, -0.2) is 4.98 Å². The van der Waals surface area contributed by atoms with Crippen LogP contribution >= 0.6 is 0 Å². The van der Waals surface area contributed by atoms with E-state index in [9.17, 15) is 0 Å². The van der Waals surface area contributed by atoms with Gasteiger partial charge in [-0.1, -0.05) is 37.8 Å². The number of fused-ring (bicyclic) bond motifs is 1. The molecule has 1 saturated carbocycles. The molecule has 1 unspecified atom stereocenters. The minimum atomic E-state index is 0.394. The van der Waals surface area contributed by atoms with E-state index < -0.39 is 0 Å². The van der Waals surface area contributed by atoms with Crippen molar-refractivity contribution >= 4 is 11.0 Å². The standard InChI is InChI=1S/C16H23N3/c17-11-13(12-7-3-1-2-4-8-12)16-18-14-9-5-6-10-15(14)19-16/h5-6,9-10,12-13H,1-4,7-8,11,17H2,(H,18,19). The number of H-pyrrole nitrogens is 1. The molecule has 19 heavy (non-hydrogen) atoms. The van der Waals surface area contributed by atoms with Gasteiger partial charge in [0.25, 0.3) is 0 Å². The topological polar surface area (TPSA) is 54.7 Å². The van der Waals surface area contributed by atoms with E-state index >= 15 is 0 Å². The van der Waals surface area contributed by atoms with Crippen LogP contribution in [0.3, 0.4) is 0 Å². The number of nitrogens with one attached hydrogen (secondary N) is 1. The Kier molecular flexibility index (Phi) is 3.83. The van der Waals surface area contributed by atoms with E-state index in [1.807, 2.05) is 12.1 Å². The molecule has 0 spiro atoms. The van der Waals surface area contributed by atoms with Crippen LogP contribution in [0.4, 0.5) is 0 Å². The fourth-order valence-corrected chi connectivity index (χ4v) is 3.39. The average molecular weight is 257 g/mol. The summed E-state index contributed by atoms with van der Waals surface area (Å²) in [7, 11) is 0. The Morgan fingerprint density at radius 2 is 1.89 bits per heavy atom. The number of rotatable bonds is 3. The van der Waals surface area contributed by atoms with Crippen LogP contribution in [-0.4, -0.2) is 16.5 Å². The van der Waals surface area contributed by atoms with Crippen molar-refractivity contribution in [2.24, 2.45) is 11.7 Å². The first kappa shape index (κ1) is 12.7. The van der Waals surface area contributed by atoms with E-state index in [4.69, 9.17) is 10.7 Å². The van der Waals surface area contributed by atoms with Gasteiger partial charge < -0.3 is 10.7 Å². The van der Waals surface area contributed by atoms with Gasteiger partial charge in [-0.15, -0.1) is 0 Å². The number of benzene rings is 1. The van der Waals surface area contributed by atoms with Crippen molar-refractivity contribution in [3.8, 4) is 0 Å². The molecule has 0 aliphatic heterocycles. The molecule has 1 atom stereocenters. The number of aromatic amines is 1. The number of hydrogen-bond acceptors (Lipinski definition) is 2. The van der Waals surface area contributed by atoms with Gasteiger partial charge in [-0.3, -0.25) is 0 Å². The maximum atomic E-state index is 6.05. The van der Waals surface area contributed by atoms with Gasteiger partial charge in [0.2, 0.25) is 0 Å². The Morgan fingerprint density at radius 1 is 1.16 bits per heavy atom. The fraction of sp³-hybridized carbons (Fsp3) is 0.562. The molecule has 102 valence electrons. The third-order valence-electron chi connectivity index (χ3n) is 4.48. The number of para-hydroxylation sites is 2. The Hall–Kier alpha value is -1.35. The number of nitrogens with zero attached hydrogens (tertiary/aromatic N) is 1. The number of nitrogens with two attached hydrogens (primary N) is 1. The molecule has 3 nitrogen and oxygen atoms in total. The lowest BCUT2D eigenvalue weighted by molar-refractivity contribution is 0.370. The lowest BCUT2D eigenvalue weighted by atomic mass is 9.85. The Balaban J connectivity index is 1.87. The second-order valence-electron chi connectivity index (χ2n) is 5.73. The van der Waals surface area contributed by atoms with E-state index in [1.54, 1.807) is 0 Å².